The zero-order valence-corrected chi connectivity index (χ0v) is 17.9. The number of benzene rings is 2. The van der Waals surface area contributed by atoms with E-state index in [1.165, 1.54) is 12.1 Å². The Balaban J connectivity index is 1.32. The van der Waals surface area contributed by atoms with Crippen molar-refractivity contribution in [3.8, 4) is 11.5 Å². The molecule has 0 saturated carbocycles. The van der Waals surface area contributed by atoms with E-state index >= 15 is 0 Å². The van der Waals surface area contributed by atoms with E-state index in [0.29, 0.717) is 18.1 Å². The van der Waals surface area contributed by atoms with Gasteiger partial charge in [-0.25, -0.2) is 4.39 Å². The Hall–Kier alpha value is -2.60. The highest BCUT2D eigenvalue weighted by molar-refractivity contribution is 5.79. The van der Waals surface area contributed by atoms with Gasteiger partial charge in [-0.15, -0.1) is 0 Å². The number of para-hydroxylation sites is 2. The highest BCUT2D eigenvalue weighted by atomic mass is 19.1. The lowest BCUT2D eigenvalue weighted by Crippen LogP contribution is -2.41. The molecule has 160 valence electrons. The van der Waals surface area contributed by atoms with Gasteiger partial charge in [-0.3, -0.25) is 0 Å². The summed E-state index contributed by atoms with van der Waals surface area (Å²) in [6.07, 6.45) is 2.03. The molecule has 5 nitrogen and oxygen atoms in total. The summed E-state index contributed by atoms with van der Waals surface area (Å²) in [5.41, 5.74) is 1.50. The van der Waals surface area contributed by atoms with Crippen LogP contribution >= 0.6 is 0 Å². The van der Waals surface area contributed by atoms with Crippen LogP contribution in [-0.2, 0) is 0 Å². The Labute approximate surface area is 176 Å². The smallest absolute Gasteiger partial charge is 0.170 e. The van der Waals surface area contributed by atoms with E-state index in [-0.39, 0.29) is 11.2 Å². The van der Waals surface area contributed by atoms with Gasteiger partial charge in [0.15, 0.2) is 17.1 Å². The maximum atomic E-state index is 13.4. The molecule has 6 heteroatoms. The highest BCUT2D eigenvalue weighted by Crippen LogP contribution is 2.34. The molecule has 1 fully saturated rings. The minimum atomic E-state index is -0.294. The number of fused-ring (bicyclic) bond motifs is 1. The van der Waals surface area contributed by atoms with Gasteiger partial charge in [0, 0.05) is 29.3 Å². The van der Waals surface area contributed by atoms with Crippen molar-refractivity contribution < 1.29 is 18.4 Å². The van der Waals surface area contributed by atoms with Crippen LogP contribution < -0.4 is 9.47 Å². The molecule has 30 heavy (non-hydrogen) atoms. The van der Waals surface area contributed by atoms with E-state index in [0.717, 1.165) is 55.1 Å². The van der Waals surface area contributed by atoms with Crippen LogP contribution in [0.4, 0.5) is 4.39 Å². The SMILES string of the molecule is COc1ccccc1OCC(C)(C)CN1CCC(c2noc3cc(F)ccc23)CC1. The zero-order chi connectivity index (χ0) is 21.1. The van der Waals surface area contributed by atoms with E-state index in [1.807, 2.05) is 24.3 Å². The van der Waals surface area contributed by atoms with Gasteiger partial charge >= 0.3 is 0 Å². The van der Waals surface area contributed by atoms with Gasteiger partial charge in [-0.05, 0) is 50.2 Å². The fourth-order valence-electron chi connectivity index (χ4n) is 4.25. The maximum Gasteiger partial charge on any atom is 0.170 e. The summed E-state index contributed by atoms with van der Waals surface area (Å²) in [7, 11) is 1.66. The molecule has 4 rings (SSSR count). The van der Waals surface area contributed by atoms with Gasteiger partial charge in [-0.1, -0.05) is 31.1 Å². The van der Waals surface area contributed by atoms with Gasteiger partial charge in [0.05, 0.1) is 19.4 Å². The molecule has 2 aromatic carbocycles. The number of nitrogens with zero attached hydrogens (tertiary/aromatic N) is 2. The topological polar surface area (TPSA) is 47.7 Å². The Morgan fingerprint density at radius 3 is 2.60 bits per heavy atom. The molecule has 2 heterocycles. The van der Waals surface area contributed by atoms with Crippen molar-refractivity contribution >= 4 is 11.0 Å². The summed E-state index contributed by atoms with van der Waals surface area (Å²) in [6.45, 7) is 8.03. The molecule has 0 radical (unpaired) electrons. The lowest BCUT2D eigenvalue weighted by molar-refractivity contribution is 0.0968. The molecule has 0 spiro atoms. The van der Waals surface area contributed by atoms with Crippen molar-refractivity contribution in [1.82, 2.24) is 10.1 Å². The Morgan fingerprint density at radius 2 is 1.87 bits per heavy atom. The molecule has 1 aliphatic rings. The molecule has 0 unspecified atom stereocenters. The maximum absolute atomic E-state index is 13.4. The number of methoxy groups -OCH3 is 1. The molecule has 1 saturated heterocycles. The van der Waals surface area contributed by atoms with Crippen LogP contribution in [0.2, 0.25) is 0 Å². The molecule has 0 aliphatic carbocycles. The summed E-state index contributed by atoms with van der Waals surface area (Å²) < 4.78 is 30.2. The number of aromatic nitrogens is 1. The first-order chi connectivity index (χ1) is 14.4. The summed E-state index contributed by atoms with van der Waals surface area (Å²) in [5.74, 6) is 1.59. The first-order valence-corrected chi connectivity index (χ1v) is 10.5. The number of hydrogen-bond acceptors (Lipinski definition) is 5. The van der Waals surface area contributed by atoms with E-state index in [4.69, 9.17) is 14.0 Å². The molecule has 0 bridgehead atoms. The lowest BCUT2D eigenvalue weighted by Gasteiger charge is -2.37. The normalized spacial score (nSPS) is 16.1. The van der Waals surface area contributed by atoms with Crippen LogP contribution in [-0.4, -0.2) is 43.4 Å². The quantitative estimate of drug-likeness (QED) is 0.530. The van der Waals surface area contributed by atoms with Gasteiger partial charge in [0.2, 0.25) is 0 Å². The predicted octanol–water partition coefficient (Wildman–Crippen LogP) is 5.26. The average Bonchev–Trinajstić information content (AvgIpc) is 3.16. The second-order valence-electron chi connectivity index (χ2n) is 8.86. The molecule has 0 N–H and O–H groups in total. The summed E-state index contributed by atoms with van der Waals surface area (Å²) in [6, 6.07) is 12.4. The van der Waals surface area contributed by atoms with E-state index in [1.54, 1.807) is 13.2 Å². The Kier molecular flexibility index (Phi) is 5.95. The van der Waals surface area contributed by atoms with Gasteiger partial charge in [0.25, 0.3) is 0 Å². The third kappa shape index (κ3) is 4.59. The standard InChI is InChI=1S/C24H29FN2O3/c1-24(2,16-29-21-7-5-4-6-20(21)28-3)15-27-12-10-17(11-13-27)23-19-9-8-18(25)14-22(19)30-26-23/h4-9,14,17H,10-13,15-16H2,1-3H3. The third-order valence-electron chi connectivity index (χ3n) is 5.78. The highest BCUT2D eigenvalue weighted by Gasteiger charge is 2.29. The molecule has 3 aromatic rings. The number of halogens is 1. The van der Waals surface area contributed by atoms with Gasteiger partial charge in [-0.2, -0.15) is 0 Å². The van der Waals surface area contributed by atoms with E-state index in [2.05, 4.69) is 23.9 Å². The van der Waals surface area contributed by atoms with E-state index < -0.39 is 0 Å². The summed E-state index contributed by atoms with van der Waals surface area (Å²) in [5, 5.41) is 5.18. The fourth-order valence-corrected chi connectivity index (χ4v) is 4.25. The Morgan fingerprint density at radius 1 is 1.13 bits per heavy atom. The van der Waals surface area contributed by atoms with Crippen molar-refractivity contribution in [2.45, 2.75) is 32.6 Å². The number of piperidine rings is 1. The summed E-state index contributed by atoms with van der Waals surface area (Å²) >= 11 is 0. The van der Waals surface area contributed by atoms with Crippen LogP contribution in [0.1, 0.15) is 38.3 Å². The number of rotatable bonds is 7. The first kappa shape index (κ1) is 20.7. The van der Waals surface area contributed by atoms with Crippen LogP contribution in [0, 0.1) is 11.2 Å². The predicted molar refractivity (Wildman–Crippen MR) is 115 cm³/mol. The average molecular weight is 413 g/mol. The molecule has 1 aromatic heterocycles. The van der Waals surface area contributed by atoms with Gasteiger partial charge in [0.1, 0.15) is 5.82 Å². The zero-order valence-electron chi connectivity index (χ0n) is 17.9. The number of ether oxygens (including phenoxy) is 2. The lowest BCUT2D eigenvalue weighted by atomic mass is 9.88. The van der Waals surface area contributed by atoms with E-state index in [9.17, 15) is 4.39 Å². The second kappa shape index (κ2) is 8.64. The molecule has 1 aliphatic heterocycles. The Bertz CT molecular complexity index is 993. The minimum absolute atomic E-state index is 0.00576. The van der Waals surface area contributed by atoms with Crippen LogP contribution in [0.25, 0.3) is 11.0 Å². The van der Waals surface area contributed by atoms with Crippen LogP contribution in [0.3, 0.4) is 0 Å². The fraction of sp³-hybridized carbons (Fsp3) is 0.458. The minimum Gasteiger partial charge on any atom is -0.493 e. The molecular weight excluding hydrogens is 383 g/mol. The van der Waals surface area contributed by atoms with Crippen LogP contribution in [0.5, 0.6) is 11.5 Å². The number of hydrogen-bond donors (Lipinski definition) is 0. The monoisotopic (exact) mass is 412 g/mol. The van der Waals surface area contributed by atoms with Crippen molar-refractivity contribution in [1.29, 1.82) is 0 Å². The largest absolute Gasteiger partial charge is 0.493 e. The van der Waals surface area contributed by atoms with Crippen molar-refractivity contribution in [3.05, 3.63) is 54.0 Å². The van der Waals surface area contributed by atoms with Crippen molar-refractivity contribution in [2.75, 3.05) is 33.4 Å². The summed E-state index contributed by atoms with van der Waals surface area (Å²) in [4.78, 5) is 2.49. The van der Waals surface area contributed by atoms with Gasteiger partial charge < -0.3 is 18.9 Å². The third-order valence-corrected chi connectivity index (χ3v) is 5.78. The first-order valence-electron chi connectivity index (χ1n) is 10.5. The molecular formula is C24H29FN2O3. The van der Waals surface area contributed by atoms with Crippen LogP contribution in [0.15, 0.2) is 47.0 Å². The molecule has 0 atom stereocenters. The molecule has 0 amide bonds. The van der Waals surface area contributed by atoms with Crippen molar-refractivity contribution in [2.24, 2.45) is 5.41 Å². The second-order valence-corrected chi connectivity index (χ2v) is 8.86. The van der Waals surface area contributed by atoms with Crippen molar-refractivity contribution in [3.63, 3.8) is 0 Å². The number of likely N-dealkylation sites (tertiary alicyclic amines) is 1.